The molecule has 4 rings (SSSR count). The van der Waals surface area contributed by atoms with Gasteiger partial charge in [-0.1, -0.05) is 6.07 Å². The van der Waals surface area contributed by atoms with Crippen LogP contribution in [0.15, 0.2) is 36.4 Å². The minimum absolute atomic E-state index is 0.188. The summed E-state index contributed by atoms with van der Waals surface area (Å²) >= 11 is 0. The van der Waals surface area contributed by atoms with E-state index in [2.05, 4.69) is 10.2 Å². The molecule has 0 spiro atoms. The lowest BCUT2D eigenvalue weighted by Gasteiger charge is -2.22. The number of nitrogens with one attached hydrogen (secondary N) is 1. The summed E-state index contributed by atoms with van der Waals surface area (Å²) in [5.74, 6) is -0.881. The Bertz CT molecular complexity index is 1030. The van der Waals surface area contributed by atoms with Crippen LogP contribution in [0.4, 0.5) is 21.5 Å². The fourth-order valence-corrected chi connectivity index (χ4v) is 4.86. The molecule has 1 saturated heterocycles. The van der Waals surface area contributed by atoms with E-state index in [0.717, 1.165) is 31.5 Å². The van der Waals surface area contributed by atoms with E-state index in [1.807, 2.05) is 6.07 Å². The summed E-state index contributed by atoms with van der Waals surface area (Å²) in [4.78, 5) is 14.9. The van der Waals surface area contributed by atoms with Gasteiger partial charge in [-0.2, -0.15) is 0 Å². The molecule has 0 aliphatic carbocycles. The molecule has 2 heterocycles. The third kappa shape index (κ3) is 3.44. The maximum Gasteiger partial charge on any atom is 0.255 e. The summed E-state index contributed by atoms with van der Waals surface area (Å²) in [6.07, 6.45) is 3.81. The van der Waals surface area contributed by atoms with E-state index in [1.165, 1.54) is 16.6 Å². The molecule has 0 unspecified atom stereocenters. The van der Waals surface area contributed by atoms with Crippen molar-refractivity contribution in [1.82, 2.24) is 0 Å². The Morgan fingerprint density at radius 3 is 2.54 bits per heavy atom. The number of benzene rings is 2. The Labute approximate surface area is 164 Å². The molecule has 0 saturated carbocycles. The Morgan fingerprint density at radius 1 is 1.07 bits per heavy atom. The molecular weight excluding hydrogens is 381 g/mol. The Hall–Kier alpha value is -2.61. The second-order valence-electron chi connectivity index (χ2n) is 7.21. The van der Waals surface area contributed by atoms with Crippen LogP contribution in [-0.2, 0) is 16.4 Å². The minimum atomic E-state index is -3.34. The highest BCUT2D eigenvalue weighted by molar-refractivity contribution is 7.92. The first-order valence-corrected chi connectivity index (χ1v) is 11.1. The molecule has 0 radical (unpaired) electrons. The molecule has 6 nitrogen and oxygen atoms in total. The van der Waals surface area contributed by atoms with Gasteiger partial charge in [0.2, 0.25) is 10.0 Å². The van der Waals surface area contributed by atoms with Crippen molar-refractivity contribution in [1.29, 1.82) is 0 Å². The number of hydrogen-bond donors (Lipinski definition) is 1. The minimum Gasteiger partial charge on any atom is -0.370 e. The summed E-state index contributed by atoms with van der Waals surface area (Å²) in [5, 5.41) is 2.72. The van der Waals surface area contributed by atoms with E-state index in [-0.39, 0.29) is 5.69 Å². The SMILES string of the molecule is CS(=O)(=O)N1CCc2cc(C(=O)Nc3c(F)cccc3N3CCCC3)ccc21. The summed E-state index contributed by atoms with van der Waals surface area (Å²) in [5.41, 5.74) is 2.65. The Kier molecular flexibility index (Phi) is 4.74. The van der Waals surface area contributed by atoms with Gasteiger partial charge in [0.15, 0.2) is 0 Å². The second-order valence-corrected chi connectivity index (χ2v) is 9.12. The average molecular weight is 403 g/mol. The second kappa shape index (κ2) is 7.09. The molecule has 2 aliphatic rings. The van der Waals surface area contributed by atoms with Crippen molar-refractivity contribution in [3.05, 3.63) is 53.3 Å². The standard InChI is InChI=1S/C20H22FN3O3S/c1-28(26,27)24-12-9-14-13-15(7-8-17(14)24)20(25)22-19-16(21)5-4-6-18(19)23-10-2-3-11-23/h4-8,13H,2-3,9-12H2,1H3,(H,22,25). The normalized spacial score (nSPS) is 16.4. The van der Waals surface area contributed by atoms with Crippen LogP contribution in [0.5, 0.6) is 0 Å². The van der Waals surface area contributed by atoms with Gasteiger partial charge < -0.3 is 10.2 Å². The number of anilines is 3. The average Bonchev–Trinajstić information content (AvgIpc) is 3.31. The third-order valence-electron chi connectivity index (χ3n) is 5.27. The molecule has 8 heteroatoms. The topological polar surface area (TPSA) is 69.7 Å². The summed E-state index contributed by atoms with van der Waals surface area (Å²) < 4.78 is 39.5. The maximum absolute atomic E-state index is 14.5. The van der Waals surface area contributed by atoms with Crippen molar-refractivity contribution in [2.24, 2.45) is 0 Å². The van der Waals surface area contributed by atoms with E-state index >= 15 is 0 Å². The van der Waals surface area contributed by atoms with Gasteiger partial charge in [-0.05, 0) is 55.2 Å². The van der Waals surface area contributed by atoms with Gasteiger partial charge in [0.1, 0.15) is 11.5 Å². The van der Waals surface area contributed by atoms with Gasteiger partial charge in [0, 0.05) is 25.2 Å². The smallest absolute Gasteiger partial charge is 0.255 e. The molecular formula is C20H22FN3O3S. The monoisotopic (exact) mass is 403 g/mol. The maximum atomic E-state index is 14.5. The molecule has 28 heavy (non-hydrogen) atoms. The van der Waals surface area contributed by atoms with E-state index in [4.69, 9.17) is 0 Å². The molecule has 1 amide bonds. The van der Waals surface area contributed by atoms with Crippen LogP contribution in [0.2, 0.25) is 0 Å². The molecule has 2 aliphatic heterocycles. The molecule has 148 valence electrons. The molecule has 1 fully saturated rings. The summed E-state index contributed by atoms with van der Waals surface area (Å²) in [6.45, 7) is 2.05. The van der Waals surface area contributed by atoms with Crippen molar-refractivity contribution >= 4 is 33.0 Å². The van der Waals surface area contributed by atoms with Crippen LogP contribution in [0.25, 0.3) is 0 Å². The number of para-hydroxylation sites is 1. The molecule has 2 aromatic rings. The lowest BCUT2D eigenvalue weighted by atomic mass is 10.1. The van der Waals surface area contributed by atoms with Gasteiger partial charge >= 0.3 is 0 Å². The van der Waals surface area contributed by atoms with Crippen LogP contribution < -0.4 is 14.5 Å². The molecule has 2 aromatic carbocycles. The number of carbonyl (C=O) groups is 1. The first-order chi connectivity index (χ1) is 13.3. The van der Waals surface area contributed by atoms with E-state index in [1.54, 1.807) is 24.3 Å². The number of carbonyl (C=O) groups excluding carboxylic acids is 1. The fourth-order valence-electron chi connectivity index (χ4n) is 3.90. The molecule has 0 atom stereocenters. The summed E-state index contributed by atoms with van der Waals surface area (Å²) in [7, 11) is -3.34. The lowest BCUT2D eigenvalue weighted by Crippen LogP contribution is -2.27. The zero-order valence-corrected chi connectivity index (χ0v) is 16.4. The van der Waals surface area contributed by atoms with Gasteiger partial charge in [0.05, 0.1) is 17.6 Å². The third-order valence-corrected chi connectivity index (χ3v) is 6.45. The predicted octanol–water partition coefficient (Wildman–Crippen LogP) is 3.00. The van der Waals surface area contributed by atoms with Crippen molar-refractivity contribution in [3.63, 3.8) is 0 Å². The van der Waals surface area contributed by atoms with Crippen molar-refractivity contribution in [2.75, 3.05) is 40.4 Å². The molecule has 1 N–H and O–H groups in total. The van der Waals surface area contributed by atoms with Crippen LogP contribution in [0, 0.1) is 5.82 Å². The highest BCUT2D eigenvalue weighted by atomic mass is 32.2. The zero-order valence-electron chi connectivity index (χ0n) is 15.6. The first kappa shape index (κ1) is 18.7. The Morgan fingerprint density at radius 2 is 1.82 bits per heavy atom. The van der Waals surface area contributed by atoms with E-state index < -0.39 is 21.7 Å². The van der Waals surface area contributed by atoms with E-state index in [0.29, 0.717) is 29.9 Å². The van der Waals surface area contributed by atoms with E-state index in [9.17, 15) is 17.6 Å². The zero-order chi connectivity index (χ0) is 19.9. The number of amides is 1. The quantitative estimate of drug-likeness (QED) is 0.852. The highest BCUT2D eigenvalue weighted by Gasteiger charge is 2.27. The molecule has 0 aromatic heterocycles. The van der Waals surface area contributed by atoms with Crippen molar-refractivity contribution in [3.8, 4) is 0 Å². The highest BCUT2D eigenvalue weighted by Crippen LogP contribution is 2.33. The van der Waals surface area contributed by atoms with Crippen LogP contribution in [0.1, 0.15) is 28.8 Å². The predicted molar refractivity (Wildman–Crippen MR) is 108 cm³/mol. The number of fused-ring (bicyclic) bond motifs is 1. The number of hydrogen-bond acceptors (Lipinski definition) is 4. The summed E-state index contributed by atoms with van der Waals surface area (Å²) in [6, 6.07) is 9.70. The van der Waals surface area contributed by atoms with Gasteiger partial charge in [-0.25, -0.2) is 12.8 Å². The van der Waals surface area contributed by atoms with Crippen LogP contribution in [-0.4, -0.2) is 40.2 Å². The number of halogens is 1. The number of nitrogens with zero attached hydrogens (tertiary/aromatic N) is 2. The number of sulfonamides is 1. The largest absolute Gasteiger partial charge is 0.370 e. The van der Waals surface area contributed by atoms with Gasteiger partial charge in [-0.15, -0.1) is 0 Å². The van der Waals surface area contributed by atoms with Crippen molar-refractivity contribution < 1.29 is 17.6 Å². The van der Waals surface area contributed by atoms with Gasteiger partial charge in [-0.3, -0.25) is 9.10 Å². The van der Waals surface area contributed by atoms with Crippen molar-refractivity contribution in [2.45, 2.75) is 19.3 Å². The van der Waals surface area contributed by atoms with Gasteiger partial charge in [0.25, 0.3) is 5.91 Å². The fraction of sp³-hybridized carbons (Fsp3) is 0.350. The first-order valence-electron chi connectivity index (χ1n) is 9.30. The molecule has 0 bridgehead atoms. The number of rotatable bonds is 4. The van der Waals surface area contributed by atoms with Crippen LogP contribution in [0.3, 0.4) is 0 Å². The van der Waals surface area contributed by atoms with Crippen LogP contribution >= 0.6 is 0 Å². The Balaban J connectivity index is 1.61. The lowest BCUT2D eigenvalue weighted by molar-refractivity contribution is 0.102.